The van der Waals surface area contributed by atoms with E-state index in [1.807, 2.05) is 0 Å². The molecule has 20 atom stereocenters. The van der Waals surface area contributed by atoms with Crippen molar-refractivity contribution < 1.29 is 64.5 Å². The fraction of sp³-hybridized carbons (Fsp3) is 0.949. The van der Waals surface area contributed by atoms with Gasteiger partial charge in [-0.05, 0) is 104 Å². The first-order valence-corrected chi connectivity index (χ1v) is 19.9. The second-order valence-corrected chi connectivity index (χ2v) is 18.2. The summed E-state index contributed by atoms with van der Waals surface area (Å²) < 4.78 is 30.5. The fourth-order valence-corrected chi connectivity index (χ4v) is 12.2. The maximum Gasteiger partial charge on any atom is 0.187 e. The van der Waals surface area contributed by atoms with Crippen LogP contribution in [0.3, 0.4) is 0 Å². The predicted molar refractivity (Wildman–Crippen MR) is 185 cm³/mol. The van der Waals surface area contributed by atoms with Crippen molar-refractivity contribution in [2.75, 3.05) is 13.2 Å². The Kier molecular flexibility index (Phi) is 11.2. The van der Waals surface area contributed by atoms with Crippen LogP contribution in [0.4, 0.5) is 0 Å². The van der Waals surface area contributed by atoms with Crippen LogP contribution in [0.25, 0.3) is 0 Å². The average molecular weight is 741 g/mol. The predicted octanol–water partition coefficient (Wildman–Crippen LogP) is 1.34. The molecule has 4 saturated carbocycles. The van der Waals surface area contributed by atoms with E-state index in [0.717, 1.165) is 57.1 Å². The zero-order chi connectivity index (χ0) is 37.4. The molecule has 0 bridgehead atoms. The summed E-state index contributed by atoms with van der Waals surface area (Å²) in [6, 6.07) is 0. The third kappa shape index (κ3) is 6.40. The first-order valence-electron chi connectivity index (χ1n) is 19.9. The van der Waals surface area contributed by atoms with Gasteiger partial charge in [-0.1, -0.05) is 27.7 Å². The molecule has 0 unspecified atom stereocenters. The van der Waals surface area contributed by atoms with Crippen molar-refractivity contribution in [2.45, 2.75) is 172 Å². The van der Waals surface area contributed by atoms with Crippen molar-refractivity contribution in [3.63, 3.8) is 0 Å². The average Bonchev–Trinajstić information content (AvgIpc) is 3.57. The molecule has 3 aliphatic heterocycles. The van der Waals surface area contributed by atoms with E-state index in [9.17, 15) is 40.9 Å². The number of allylic oxidation sites excluding steroid dienone is 1. The molecule has 13 heteroatoms. The van der Waals surface area contributed by atoms with Crippen molar-refractivity contribution in [3.05, 3.63) is 11.3 Å². The molecular formula is C39H64O13. The molecule has 8 N–H and O–H groups in total. The lowest BCUT2D eigenvalue weighted by atomic mass is 9.44. The van der Waals surface area contributed by atoms with Gasteiger partial charge in [0.25, 0.3) is 0 Å². The van der Waals surface area contributed by atoms with Crippen LogP contribution in [0.1, 0.15) is 92.4 Å². The van der Waals surface area contributed by atoms with Gasteiger partial charge >= 0.3 is 0 Å². The van der Waals surface area contributed by atoms with Gasteiger partial charge in [0.05, 0.1) is 31.2 Å². The summed E-state index contributed by atoms with van der Waals surface area (Å²) >= 11 is 0. The van der Waals surface area contributed by atoms with Crippen molar-refractivity contribution >= 4 is 0 Å². The maximum atomic E-state index is 12.0. The van der Waals surface area contributed by atoms with Crippen LogP contribution < -0.4 is 0 Å². The minimum atomic E-state index is -1.72. The van der Waals surface area contributed by atoms with Crippen molar-refractivity contribution in [1.82, 2.24) is 0 Å². The SMILES string of the molecule is CC1=C(CCC(C)C)O[C@H]2[C@H](O)[C@H]3[C@@H]4CC[C@@H]5C[C@@H](O[C@@H]6O[C@H](CO)[C@H](O)[C@H](O)[C@H]6O[C@@H]6O[C@H](CO)[C@@H](O)[C@H](O)[C@H]6O)CC[C@]5(C)[C@H]4CC[C@]3(C)[C@@H]12. The molecule has 0 spiro atoms. The summed E-state index contributed by atoms with van der Waals surface area (Å²) in [5, 5.41) is 84.6. The summed E-state index contributed by atoms with van der Waals surface area (Å²) in [7, 11) is 0. The maximum absolute atomic E-state index is 12.0. The van der Waals surface area contributed by atoms with E-state index in [-0.39, 0.29) is 34.9 Å². The highest BCUT2D eigenvalue weighted by Gasteiger charge is 2.68. The first kappa shape index (κ1) is 39.3. The number of rotatable bonds is 9. The summed E-state index contributed by atoms with van der Waals surface area (Å²) in [5.41, 5.74) is 1.41. The molecule has 13 nitrogen and oxygen atoms in total. The lowest BCUT2D eigenvalue weighted by Gasteiger charge is -2.61. The molecule has 298 valence electrons. The molecule has 6 fully saturated rings. The first-order chi connectivity index (χ1) is 24.6. The molecule has 0 aromatic carbocycles. The van der Waals surface area contributed by atoms with Crippen LogP contribution in [0.15, 0.2) is 11.3 Å². The van der Waals surface area contributed by atoms with Gasteiger partial charge in [-0.2, -0.15) is 0 Å². The standard InChI is InChI=1S/C39H64O13/c1-17(2)6-9-23-18(3)26-34(49-23)30(44)27-21-8-7-19-14-20(10-12-38(19,4)22(21)11-13-39(26,27)5)48-37-35(32(46)29(43)25(16-41)51-37)52-36-33(47)31(45)28(42)24(15-40)50-36/h17,19-22,24-37,40-47H,6-16H2,1-5H3/t19-,20+,21-,22+,24-,25-,26+,27-,28-,29+,30-,31+,32+,33-,34-,35-,36+,37-,38+,39-/m1/s1. The second kappa shape index (κ2) is 14.9. The third-order valence-corrected chi connectivity index (χ3v) is 15.1. The zero-order valence-electron chi connectivity index (χ0n) is 31.4. The third-order valence-electron chi connectivity index (χ3n) is 15.1. The Morgan fingerprint density at radius 1 is 0.750 bits per heavy atom. The lowest BCUT2D eigenvalue weighted by Crippen LogP contribution is -2.65. The smallest absolute Gasteiger partial charge is 0.187 e. The number of aliphatic hydroxyl groups is 8. The molecule has 0 aromatic rings. The van der Waals surface area contributed by atoms with E-state index in [1.54, 1.807) is 0 Å². The van der Waals surface area contributed by atoms with E-state index < -0.39 is 80.7 Å². The van der Waals surface area contributed by atoms with E-state index in [2.05, 4.69) is 34.6 Å². The van der Waals surface area contributed by atoms with Gasteiger partial charge < -0.3 is 64.5 Å². The van der Waals surface area contributed by atoms with Gasteiger partial charge in [0.2, 0.25) is 0 Å². The van der Waals surface area contributed by atoms with Crippen molar-refractivity contribution in [1.29, 1.82) is 0 Å². The highest BCUT2D eigenvalue weighted by molar-refractivity contribution is 5.29. The van der Waals surface area contributed by atoms with Gasteiger partial charge in [-0.15, -0.1) is 0 Å². The minimum Gasteiger partial charge on any atom is -0.491 e. The van der Waals surface area contributed by atoms with Gasteiger partial charge in [0.1, 0.15) is 54.9 Å². The Morgan fingerprint density at radius 2 is 1.40 bits per heavy atom. The molecule has 7 rings (SSSR count). The van der Waals surface area contributed by atoms with E-state index in [4.69, 9.17) is 23.7 Å². The van der Waals surface area contributed by atoms with Crippen LogP contribution >= 0.6 is 0 Å². The number of hydrogen-bond donors (Lipinski definition) is 8. The van der Waals surface area contributed by atoms with E-state index in [0.29, 0.717) is 30.1 Å². The van der Waals surface area contributed by atoms with Gasteiger partial charge in [0, 0.05) is 12.3 Å². The summed E-state index contributed by atoms with van der Waals surface area (Å²) in [4.78, 5) is 0. The summed E-state index contributed by atoms with van der Waals surface area (Å²) in [6.07, 6.45) is -7.07. The Balaban J connectivity index is 1.04. The largest absolute Gasteiger partial charge is 0.491 e. The van der Waals surface area contributed by atoms with Crippen molar-refractivity contribution in [2.24, 2.45) is 46.3 Å². The van der Waals surface area contributed by atoms with Gasteiger partial charge in [-0.25, -0.2) is 0 Å². The molecule has 0 amide bonds. The lowest BCUT2D eigenvalue weighted by molar-refractivity contribution is -0.373. The van der Waals surface area contributed by atoms with Crippen LogP contribution in [-0.2, 0) is 23.7 Å². The molecule has 0 aromatic heterocycles. The molecule has 3 heterocycles. The number of fused-ring (bicyclic) bond motifs is 7. The van der Waals surface area contributed by atoms with Gasteiger partial charge in [0.15, 0.2) is 12.6 Å². The molecule has 0 radical (unpaired) electrons. The highest BCUT2D eigenvalue weighted by Crippen LogP contribution is 2.70. The summed E-state index contributed by atoms with van der Waals surface area (Å²) in [5.74, 6) is 3.38. The van der Waals surface area contributed by atoms with Gasteiger partial charge in [-0.3, -0.25) is 0 Å². The minimum absolute atomic E-state index is 0.00135. The topological polar surface area (TPSA) is 208 Å². The summed E-state index contributed by atoms with van der Waals surface area (Å²) in [6.45, 7) is 10.3. The van der Waals surface area contributed by atoms with Crippen LogP contribution in [0, 0.1) is 46.3 Å². The van der Waals surface area contributed by atoms with Crippen molar-refractivity contribution in [3.8, 4) is 0 Å². The quantitative estimate of drug-likeness (QED) is 0.157. The van der Waals surface area contributed by atoms with E-state index in [1.165, 1.54) is 5.57 Å². The number of ether oxygens (including phenoxy) is 5. The Bertz CT molecular complexity index is 1290. The fourth-order valence-electron chi connectivity index (χ4n) is 12.2. The Morgan fingerprint density at radius 3 is 2.08 bits per heavy atom. The highest BCUT2D eigenvalue weighted by atomic mass is 16.8. The molecule has 7 aliphatic rings. The number of hydrogen-bond acceptors (Lipinski definition) is 13. The van der Waals surface area contributed by atoms with Crippen LogP contribution in [0.5, 0.6) is 0 Å². The molecule has 52 heavy (non-hydrogen) atoms. The van der Waals surface area contributed by atoms with Crippen LogP contribution in [0.2, 0.25) is 0 Å². The Hall–Kier alpha value is -0.940. The molecular weight excluding hydrogens is 676 g/mol. The van der Waals surface area contributed by atoms with E-state index >= 15 is 0 Å². The zero-order valence-corrected chi connectivity index (χ0v) is 31.4. The van der Waals surface area contributed by atoms with Crippen LogP contribution in [-0.4, -0.2) is 134 Å². The Labute approximate surface area is 307 Å². The monoisotopic (exact) mass is 740 g/mol. The number of aliphatic hydroxyl groups excluding tert-OH is 8. The molecule has 2 saturated heterocycles. The normalized spacial score (nSPS) is 53.3. The second-order valence-electron chi connectivity index (χ2n) is 18.2. The molecule has 4 aliphatic carbocycles.